The Hall–Kier alpha value is -2.31. The summed E-state index contributed by atoms with van der Waals surface area (Å²) in [6.07, 6.45) is 1.34. The van der Waals surface area contributed by atoms with Crippen molar-refractivity contribution in [3.8, 4) is 5.82 Å². The van der Waals surface area contributed by atoms with Crippen LogP contribution >= 0.6 is 0 Å². The first-order valence-corrected chi connectivity index (χ1v) is 3.71. The van der Waals surface area contributed by atoms with Crippen LogP contribution in [0.25, 0.3) is 5.82 Å². The highest BCUT2D eigenvalue weighted by atomic mass is 16.4. The van der Waals surface area contributed by atoms with Crippen molar-refractivity contribution in [2.24, 2.45) is 0 Å². The van der Waals surface area contributed by atoms with Crippen LogP contribution in [0.1, 0.15) is 10.5 Å². The molecular weight excluding hydrogens is 186 g/mol. The molecule has 0 unspecified atom stereocenters. The predicted octanol–water partition coefficient (Wildman–Crippen LogP) is -0.245. The van der Waals surface area contributed by atoms with E-state index in [1.165, 1.54) is 17.1 Å². The number of aromatic carboxylic acids is 1. The molecule has 0 spiro atoms. The normalized spacial score (nSPS) is 10.0. The number of nitrogens with zero attached hydrogens (tertiary/aromatic N) is 5. The molecular formula is C7H5N5O2. The Balaban J connectivity index is 2.46. The van der Waals surface area contributed by atoms with E-state index in [9.17, 15) is 4.79 Å². The number of pyridine rings is 1. The van der Waals surface area contributed by atoms with Crippen LogP contribution in [0.5, 0.6) is 0 Å². The fourth-order valence-corrected chi connectivity index (χ4v) is 0.936. The third kappa shape index (κ3) is 1.42. The summed E-state index contributed by atoms with van der Waals surface area (Å²) < 4.78 is 1.28. The average molecular weight is 191 g/mol. The number of carbonyl (C=O) groups is 1. The molecule has 0 aliphatic carbocycles. The minimum atomic E-state index is -1.08. The van der Waals surface area contributed by atoms with Crippen molar-refractivity contribution in [3.05, 3.63) is 30.2 Å². The summed E-state index contributed by atoms with van der Waals surface area (Å²) in [4.78, 5) is 14.4. The van der Waals surface area contributed by atoms with E-state index in [1.54, 1.807) is 12.1 Å². The van der Waals surface area contributed by atoms with Gasteiger partial charge < -0.3 is 5.11 Å². The molecule has 0 aromatic carbocycles. The molecule has 0 saturated carbocycles. The third-order valence-electron chi connectivity index (χ3n) is 1.54. The van der Waals surface area contributed by atoms with E-state index < -0.39 is 5.97 Å². The van der Waals surface area contributed by atoms with E-state index in [4.69, 9.17) is 5.11 Å². The summed E-state index contributed by atoms with van der Waals surface area (Å²) in [7, 11) is 0. The van der Waals surface area contributed by atoms with Gasteiger partial charge in [-0.3, -0.25) is 0 Å². The van der Waals surface area contributed by atoms with Gasteiger partial charge in [0.2, 0.25) is 0 Å². The van der Waals surface area contributed by atoms with Crippen molar-refractivity contribution in [1.29, 1.82) is 0 Å². The molecule has 0 fully saturated rings. The lowest BCUT2D eigenvalue weighted by molar-refractivity contribution is 0.0690. The van der Waals surface area contributed by atoms with Gasteiger partial charge in [0, 0.05) is 0 Å². The van der Waals surface area contributed by atoms with Crippen molar-refractivity contribution in [2.75, 3.05) is 0 Å². The van der Waals surface area contributed by atoms with E-state index in [0.717, 1.165) is 0 Å². The number of tetrazole rings is 1. The van der Waals surface area contributed by atoms with Gasteiger partial charge in [0.05, 0.1) is 0 Å². The predicted molar refractivity (Wildman–Crippen MR) is 43.9 cm³/mol. The minimum Gasteiger partial charge on any atom is -0.477 e. The Kier molecular flexibility index (Phi) is 1.90. The Morgan fingerprint density at radius 1 is 1.43 bits per heavy atom. The number of rotatable bonds is 2. The summed E-state index contributed by atoms with van der Waals surface area (Å²) in [5, 5.41) is 19.1. The highest BCUT2D eigenvalue weighted by molar-refractivity contribution is 5.85. The van der Waals surface area contributed by atoms with E-state index >= 15 is 0 Å². The Morgan fingerprint density at radius 3 is 2.93 bits per heavy atom. The van der Waals surface area contributed by atoms with Crippen molar-refractivity contribution in [2.45, 2.75) is 0 Å². The maximum atomic E-state index is 10.6. The van der Waals surface area contributed by atoms with Gasteiger partial charge in [-0.2, -0.15) is 4.68 Å². The van der Waals surface area contributed by atoms with Crippen molar-refractivity contribution >= 4 is 5.97 Å². The first-order valence-electron chi connectivity index (χ1n) is 3.71. The molecule has 0 atom stereocenters. The van der Waals surface area contributed by atoms with Gasteiger partial charge in [0.15, 0.2) is 11.5 Å². The lowest BCUT2D eigenvalue weighted by atomic mass is 10.3. The number of hydrogen-bond donors (Lipinski definition) is 1. The lowest BCUT2D eigenvalue weighted by Crippen LogP contribution is -2.05. The molecule has 2 rings (SSSR count). The van der Waals surface area contributed by atoms with Gasteiger partial charge in [-0.25, -0.2) is 9.78 Å². The highest BCUT2D eigenvalue weighted by Gasteiger charge is 2.06. The van der Waals surface area contributed by atoms with Crippen LogP contribution in [0, 0.1) is 0 Å². The summed E-state index contributed by atoms with van der Waals surface area (Å²) >= 11 is 0. The molecule has 0 saturated heterocycles. The lowest BCUT2D eigenvalue weighted by Gasteiger charge is -1.98. The molecule has 0 aliphatic heterocycles. The largest absolute Gasteiger partial charge is 0.477 e. The maximum absolute atomic E-state index is 10.6. The maximum Gasteiger partial charge on any atom is 0.354 e. The summed E-state index contributed by atoms with van der Waals surface area (Å²) in [6, 6.07) is 4.59. The molecule has 70 valence electrons. The zero-order chi connectivity index (χ0) is 9.97. The van der Waals surface area contributed by atoms with Crippen molar-refractivity contribution in [3.63, 3.8) is 0 Å². The summed E-state index contributed by atoms with van der Waals surface area (Å²) in [5.41, 5.74) is -0.0435. The Bertz CT molecular complexity index is 453. The van der Waals surface area contributed by atoms with Gasteiger partial charge in [-0.15, -0.1) is 5.10 Å². The zero-order valence-electron chi connectivity index (χ0n) is 6.90. The van der Waals surface area contributed by atoms with Crippen LogP contribution in [0.4, 0.5) is 0 Å². The van der Waals surface area contributed by atoms with Gasteiger partial charge in [-0.1, -0.05) is 6.07 Å². The van der Waals surface area contributed by atoms with E-state index in [1.807, 2.05) is 0 Å². The number of hydrogen-bond acceptors (Lipinski definition) is 5. The quantitative estimate of drug-likeness (QED) is 0.703. The molecule has 14 heavy (non-hydrogen) atoms. The topological polar surface area (TPSA) is 93.8 Å². The molecule has 1 N–H and O–H groups in total. The van der Waals surface area contributed by atoms with E-state index in [-0.39, 0.29) is 5.69 Å². The molecule has 2 aromatic heterocycles. The summed E-state index contributed by atoms with van der Waals surface area (Å²) in [6.45, 7) is 0. The molecule has 2 heterocycles. The van der Waals surface area contributed by atoms with Crippen LogP contribution in [-0.4, -0.2) is 36.3 Å². The number of carboxylic acid groups (broad SMARTS) is 1. The molecule has 0 bridgehead atoms. The first kappa shape index (κ1) is 8.30. The van der Waals surface area contributed by atoms with Gasteiger partial charge in [0.25, 0.3) is 0 Å². The van der Waals surface area contributed by atoms with Crippen LogP contribution < -0.4 is 0 Å². The zero-order valence-corrected chi connectivity index (χ0v) is 6.90. The van der Waals surface area contributed by atoms with Gasteiger partial charge in [0.1, 0.15) is 6.33 Å². The second kappa shape index (κ2) is 3.21. The number of carboxylic acids is 1. The second-order valence-electron chi connectivity index (χ2n) is 2.44. The Morgan fingerprint density at radius 2 is 2.29 bits per heavy atom. The number of aromatic nitrogens is 5. The third-order valence-corrected chi connectivity index (χ3v) is 1.54. The summed E-state index contributed by atoms with van der Waals surface area (Å²) in [5.74, 6) is -0.713. The van der Waals surface area contributed by atoms with Gasteiger partial charge >= 0.3 is 5.97 Å². The van der Waals surface area contributed by atoms with Crippen molar-refractivity contribution in [1.82, 2.24) is 25.2 Å². The molecule has 0 aliphatic rings. The highest BCUT2D eigenvalue weighted by Crippen LogP contribution is 2.02. The molecule has 0 radical (unpaired) electrons. The van der Waals surface area contributed by atoms with Crippen molar-refractivity contribution < 1.29 is 9.90 Å². The van der Waals surface area contributed by atoms with E-state index in [2.05, 4.69) is 20.5 Å². The molecule has 7 nitrogen and oxygen atoms in total. The van der Waals surface area contributed by atoms with Crippen LogP contribution in [0.15, 0.2) is 24.5 Å². The molecule has 0 amide bonds. The first-order chi connectivity index (χ1) is 6.77. The SMILES string of the molecule is O=C(O)c1cccc(-n2cnnn2)n1. The smallest absolute Gasteiger partial charge is 0.354 e. The molecule has 2 aromatic rings. The fraction of sp³-hybridized carbons (Fsp3) is 0. The fourth-order valence-electron chi connectivity index (χ4n) is 0.936. The van der Waals surface area contributed by atoms with Crippen LogP contribution in [0.3, 0.4) is 0 Å². The molecule has 7 heteroatoms. The van der Waals surface area contributed by atoms with E-state index in [0.29, 0.717) is 5.82 Å². The average Bonchev–Trinajstić information content (AvgIpc) is 2.71. The van der Waals surface area contributed by atoms with Gasteiger partial charge in [-0.05, 0) is 22.6 Å². The minimum absolute atomic E-state index is 0.0435. The monoisotopic (exact) mass is 191 g/mol. The Labute approximate surface area is 78.0 Å². The van der Waals surface area contributed by atoms with Crippen LogP contribution in [0.2, 0.25) is 0 Å². The second-order valence-corrected chi connectivity index (χ2v) is 2.44. The van der Waals surface area contributed by atoms with Crippen LogP contribution in [-0.2, 0) is 0 Å². The standard InChI is InChI=1S/C7H5N5O2/c13-7(14)5-2-1-3-6(9-5)12-4-8-10-11-12/h1-4H,(H,13,14).